The Labute approximate surface area is 285 Å². The fourth-order valence-corrected chi connectivity index (χ4v) is 4.86. The lowest BCUT2D eigenvalue weighted by molar-refractivity contribution is -0.384. The highest BCUT2D eigenvalue weighted by atomic mass is 16.7. The minimum Gasteiger partial charge on any atom is -0.449 e. The van der Waals surface area contributed by atoms with Crippen molar-refractivity contribution in [2.24, 2.45) is 11.7 Å². The standard InChI is InChI=1S/C32H37N7O11/c1-18(2)28(37-25(40)13-15-38-26(41)11-12-27(38)42)30(44)36-23(4-3-14-34-31(33)45)29(43)35-21-7-5-19(6-8-21)16-20-17-22(39(48)49)9-10-24(20)50-32(46)47/h5-12,17-18,23,28H,3-4,13-16H2,1-2H3,(H,35,43)(H,36,44)(H,37,40)(H,46,47)(H3,33,34,45)/t23-,28-/m0/s1. The molecule has 2 aromatic rings. The predicted molar refractivity (Wildman–Crippen MR) is 176 cm³/mol. The number of nitrogens with two attached hydrogens (primary N) is 1. The van der Waals surface area contributed by atoms with Gasteiger partial charge in [0.2, 0.25) is 17.7 Å². The van der Waals surface area contributed by atoms with Crippen LogP contribution >= 0.6 is 0 Å². The molecule has 0 unspecified atom stereocenters. The molecule has 0 saturated carbocycles. The number of anilines is 1. The van der Waals surface area contributed by atoms with Crippen LogP contribution in [0.3, 0.4) is 0 Å². The quantitative estimate of drug-likeness (QED) is 0.0345. The van der Waals surface area contributed by atoms with Crippen LogP contribution in [0, 0.1) is 16.0 Å². The zero-order valence-corrected chi connectivity index (χ0v) is 27.2. The van der Waals surface area contributed by atoms with Crippen LogP contribution in [0.25, 0.3) is 0 Å². The van der Waals surface area contributed by atoms with E-state index in [2.05, 4.69) is 21.3 Å². The first kappa shape index (κ1) is 38.1. The number of nitrogens with zero attached hydrogens (tertiary/aromatic N) is 2. The topological polar surface area (TPSA) is 269 Å². The SMILES string of the molecule is CC(C)[C@H](NC(=O)CCN1C(=O)C=CC1=O)C(=O)N[C@@H](CCCNC(N)=O)C(=O)Nc1ccc(Cc2cc([N+](=O)[O-])ccc2OC(=O)O)cc1. The third-order valence-corrected chi connectivity index (χ3v) is 7.40. The van der Waals surface area contributed by atoms with E-state index in [9.17, 15) is 43.7 Å². The molecule has 0 aliphatic carbocycles. The van der Waals surface area contributed by atoms with Gasteiger partial charge in [0.1, 0.15) is 17.8 Å². The minimum atomic E-state index is -1.59. The van der Waals surface area contributed by atoms with Gasteiger partial charge in [-0.1, -0.05) is 26.0 Å². The van der Waals surface area contributed by atoms with Gasteiger partial charge in [-0.2, -0.15) is 0 Å². The van der Waals surface area contributed by atoms with Gasteiger partial charge in [0, 0.05) is 61.5 Å². The number of ether oxygens (including phenoxy) is 1. The normalized spacial score (nSPS) is 13.4. The van der Waals surface area contributed by atoms with Crippen molar-refractivity contribution in [3.63, 3.8) is 0 Å². The number of rotatable bonds is 17. The van der Waals surface area contributed by atoms with Crippen LogP contribution in [-0.2, 0) is 30.4 Å². The number of carbonyl (C=O) groups excluding carboxylic acids is 6. The second-order valence-electron chi connectivity index (χ2n) is 11.5. The number of hydrogen-bond donors (Lipinski definition) is 6. The largest absolute Gasteiger partial charge is 0.511 e. The number of nitro groups is 1. The van der Waals surface area contributed by atoms with E-state index in [1.54, 1.807) is 38.1 Å². The molecule has 2 aromatic carbocycles. The maximum absolute atomic E-state index is 13.4. The third-order valence-electron chi connectivity index (χ3n) is 7.40. The Hall–Kier alpha value is -6.33. The molecule has 0 bridgehead atoms. The van der Waals surface area contributed by atoms with Crippen LogP contribution in [-0.4, -0.2) is 81.8 Å². The molecule has 7 amide bonds. The Morgan fingerprint density at radius 1 is 0.980 bits per heavy atom. The van der Waals surface area contributed by atoms with E-state index in [0.717, 1.165) is 23.1 Å². The average Bonchev–Trinajstić information content (AvgIpc) is 3.37. The van der Waals surface area contributed by atoms with Crippen molar-refractivity contribution in [3.05, 3.63) is 75.9 Å². The molecule has 18 heteroatoms. The second-order valence-corrected chi connectivity index (χ2v) is 11.5. The first-order valence-electron chi connectivity index (χ1n) is 15.4. The molecule has 0 spiro atoms. The lowest BCUT2D eigenvalue weighted by Gasteiger charge is -2.25. The summed E-state index contributed by atoms with van der Waals surface area (Å²) in [5.41, 5.74) is 6.03. The number of imide groups is 1. The Balaban J connectivity index is 1.69. The number of urea groups is 1. The molecule has 0 radical (unpaired) electrons. The molecule has 1 aliphatic heterocycles. The van der Waals surface area contributed by atoms with E-state index < -0.39 is 64.6 Å². The number of amides is 7. The van der Waals surface area contributed by atoms with Gasteiger partial charge in [-0.25, -0.2) is 9.59 Å². The molecule has 7 N–H and O–H groups in total. The molecular weight excluding hydrogens is 658 g/mol. The van der Waals surface area contributed by atoms with Gasteiger partial charge in [0.15, 0.2) is 0 Å². The molecule has 2 atom stereocenters. The summed E-state index contributed by atoms with van der Waals surface area (Å²) in [6, 6.07) is 6.84. The second kappa shape index (κ2) is 17.7. The van der Waals surface area contributed by atoms with Crippen LogP contribution in [0.1, 0.15) is 44.2 Å². The number of carbonyl (C=O) groups is 7. The molecule has 1 aliphatic rings. The molecular formula is C32H37N7O11. The molecule has 0 saturated heterocycles. The number of benzene rings is 2. The lowest BCUT2D eigenvalue weighted by Crippen LogP contribution is -2.54. The highest BCUT2D eigenvalue weighted by Crippen LogP contribution is 2.27. The van der Waals surface area contributed by atoms with Crippen molar-refractivity contribution in [1.29, 1.82) is 0 Å². The summed E-state index contributed by atoms with van der Waals surface area (Å²) in [5.74, 6) is -3.46. The summed E-state index contributed by atoms with van der Waals surface area (Å²) in [6.45, 7) is 3.30. The zero-order chi connectivity index (χ0) is 37.0. The number of carboxylic acid groups (broad SMARTS) is 1. The van der Waals surface area contributed by atoms with Crippen molar-refractivity contribution in [1.82, 2.24) is 20.9 Å². The smallest absolute Gasteiger partial charge is 0.449 e. The Morgan fingerprint density at radius 2 is 1.64 bits per heavy atom. The molecule has 50 heavy (non-hydrogen) atoms. The first-order chi connectivity index (χ1) is 23.6. The van der Waals surface area contributed by atoms with E-state index in [4.69, 9.17) is 15.6 Å². The Kier molecular flexibility index (Phi) is 13.5. The van der Waals surface area contributed by atoms with Crippen molar-refractivity contribution >= 4 is 53.1 Å². The Morgan fingerprint density at radius 3 is 2.22 bits per heavy atom. The molecule has 0 aromatic heterocycles. The third kappa shape index (κ3) is 11.4. The number of nitro benzene ring substituents is 1. The van der Waals surface area contributed by atoms with Gasteiger partial charge >= 0.3 is 12.2 Å². The molecule has 18 nitrogen and oxygen atoms in total. The number of non-ortho nitro benzene ring substituents is 1. The predicted octanol–water partition coefficient (Wildman–Crippen LogP) is 1.57. The number of nitrogens with one attached hydrogen (secondary N) is 4. The zero-order valence-electron chi connectivity index (χ0n) is 27.2. The highest BCUT2D eigenvalue weighted by molar-refractivity contribution is 6.13. The van der Waals surface area contributed by atoms with Crippen LogP contribution in [0.2, 0.25) is 0 Å². The fraction of sp³-hybridized carbons (Fsp3) is 0.344. The molecule has 3 rings (SSSR count). The van der Waals surface area contributed by atoms with Gasteiger partial charge < -0.3 is 36.8 Å². The van der Waals surface area contributed by atoms with Gasteiger partial charge in [0.05, 0.1) is 4.92 Å². The maximum atomic E-state index is 13.4. The van der Waals surface area contributed by atoms with Crippen LogP contribution < -0.4 is 31.7 Å². The molecule has 266 valence electrons. The lowest BCUT2D eigenvalue weighted by atomic mass is 10.0. The summed E-state index contributed by atoms with van der Waals surface area (Å²) in [6.07, 6.45) is 0.737. The van der Waals surface area contributed by atoms with Crippen molar-refractivity contribution in [3.8, 4) is 5.75 Å². The maximum Gasteiger partial charge on any atom is 0.511 e. The van der Waals surface area contributed by atoms with Crippen molar-refractivity contribution < 1.29 is 48.3 Å². The summed E-state index contributed by atoms with van der Waals surface area (Å²) in [7, 11) is 0. The first-order valence-corrected chi connectivity index (χ1v) is 15.4. The van der Waals surface area contributed by atoms with Crippen LogP contribution in [0.5, 0.6) is 5.75 Å². The molecule has 0 fully saturated rings. The van der Waals surface area contributed by atoms with Crippen LogP contribution in [0.15, 0.2) is 54.6 Å². The van der Waals surface area contributed by atoms with E-state index in [0.29, 0.717) is 11.3 Å². The van der Waals surface area contributed by atoms with Gasteiger partial charge in [-0.3, -0.25) is 39.0 Å². The van der Waals surface area contributed by atoms with Gasteiger partial charge in [-0.15, -0.1) is 0 Å². The van der Waals surface area contributed by atoms with E-state index in [-0.39, 0.29) is 55.8 Å². The van der Waals surface area contributed by atoms with Crippen molar-refractivity contribution in [2.75, 3.05) is 18.4 Å². The fourth-order valence-electron chi connectivity index (χ4n) is 4.86. The number of primary amides is 1. The van der Waals surface area contributed by atoms with Crippen molar-refractivity contribution in [2.45, 2.75) is 51.6 Å². The van der Waals surface area contributed by atoms with Gasteiger partial charge in [-0.05, 0) is 42.5 Å². The average molecular weight is 696 g/mol. The molecule has 1 heterocycles. The summed E-state index contributed by atoms with van der Waals surface area (Å²) in [4.78, 5) is 96.7. The summed E-state index contributed by atoms with van der Waals surface area (Å²) >= 11 is 0. The monoisotopic (exact) mass is 695 g/mol. The van der Waals surface area contributed by atoms with E-state index in [1.165, 1.54) is 12.1 Å². The number of hydrogen-bond acceptors (Lipinski definition) is 10. The van der Waals surface area contributed by atoms with E-state index in [1.807, 2.05) is 0 Å². The summed E-state index contributed by atoms with van der Waals surface area (Å²) < 4.78 is 4.75. The van der Waals surface area contributed by atoms with Gasteiger partial charge in [0.25, 0.3) is 17.5 Å². The highest BCUT2D eigenvalue weighted by Gasteiger charge is 2.30. The summed E-state index contributed by atoms with van der Waals surface area (Å²) in [5, 5.41) is 30.6. The van der Waals surface area contributed by atoms with Crippen LogP contribution in [0.4, 0.5) is 21.0 Å². The van der Waals surface area contributed by atoms with E-state index >= 15 is 0 Å². The Bertz CT molecular complexity index is 1660. The minimum absolute atomic E-state index is 0.0634.